The third-order valence-corrected chi connectivity index (χ3v) is 7.88. The lowest BCUT2D eigenvalue weighted by molar-refractivity contribution is -0.0917. The number of nitrogens with two attached hydrogens (primary N) is 3. The predicted molar refractivity (Wildman–Crippen MR) is 134 cm³/mol. The van der Waals surface area contributed by atoms with Gasteiger partial charge < -0.3 is 15.4 Å². The zero-order chi connectivity index (χ0) is 23.4. The van der Waals surface area contributed by atoms with Gasteiger partial charge >= 0.3 is 0 Å². The van der Waals surface area contributed by atoms with Gasteiger partial charge in [0.2, 0.25) is 0 Å². The van der Waals surface area contributed by atoms with Gasteiger partial charge in [-0.25, -0.2) is 9.80 Å². The number of likely N-dealkylation sites (N-methyl/N-ethyl adjacent to an activating group) is 1. The van der Waals surface area contributed by atoms with Crippen LogP contribution < -0.4 is 26.8 Å². The Morgan fingerprint density at radius 2 is 1.55 bits per heavy atom. The number of likely N-dealkylation sites (tertiary alicyclic amines) is 1. The molecule has 33 heavy (non-hydrogen) atoms. The van der Waals surface area contributed by atoms with Crippen molar-refractivity contribution in [2.45, 2.75) is 96.2 Å². The highest BCUT2D eigenvalue weighted by Gasteiger charge is 2.46. The van der Waals surface area contributed by atoms with Crippen LogP contribution in [0.3, 0.4) is 0 Å². The quantitative estimate of drug-likeness (QED) is 0.535. The number of hydrogen-bond donors (Lipinski definition) is 3. The molecule has 8 nitrogen and oxygen atoms in total. The topological polar surface area (TPSA) is 100 Å². The van der Waals surface area contributed by atoms with Crippen LogP contribution in [0, 0.1) is 0 Å². The number of anilines is 1. The number of ether oxygens (including phenoxy) is 1. The maximum Gasteiger partial charge on any atom is 0.139 e. The molecule has 0 amide bonds. The Kier molecular flexibility index (Phi) is 8.48. The lowest BCUT2D eigenvalue weighted by Crippen LogP contribution is -2.80. The molecule has 4 unspecified atom stereocenters. The van der Waals surface area contributed by atoms with Crippen LogP contribution in [-0.4, -0.2) is 71.9 Å². The van der Waals surface area contributed by atoms with E-state index in [1.54, 1.807) is 0 Å². The van der Waals surface area contributed by atoms with Crippen LogP contribution in [0.1, 0.15) is 65.2 Å². The van der Waals surface area contributed by atoms with Crippen LogP contribution >= 0.6 is 0 Å². The van der Waals surface area contributed by atoms with E-state index >= 15 is 0 Å². The van der Waals surface area contributed by atoms with Crippen LogP contribution in [0.25, 0.3) is 0 Å². The molecule has 3 aliphatic rings. The monoisotopic (exact) mass is 459 g/mol. The van der Waals surface area contributed by atoms with Gasteiger partial charge in [0.15, 0.2) is 0 Å². The summed E-state index contributed by atoms with van der Waals surface area (Å²) in [6.07, 6.45) is 8.78. The zero-order valence-corrected chi connectivity index (χ0v) is 20.6. The van der Waals surface area contributed by atoms with Gasteiger partial charge in [-0.15, -0.1) is 0 Å². The van der Waals surface area contributed by atoms with Crippen molar-refractivity contribution in [3.05, 3.63) is 24.3 Å². The van der Waals surface area contributed by atoms with Gasteiger partial charge in [0.25, 0.3) is 0 Å². The van der Waals surface area contributed by atoms with Crippen LogP contribution in [0.15, 0.2) is 24.3 Å². The first-order chi connectivity index (χ1) is 16.0. The highest BCUT2D eigenvalue weighted by atomic mass is 16.5. The van der Waals surface area contributed by atoms with Crippen molar-refractivity contribution in [2.75, 3.05) is 31.1 Å². The van der Waals surface area contributed by atoms with E-state index in [0.717, 1.165) is 43.9 Å². The summed E-state index contributed by atoms with van der Waals surface area (Å²) in [7, 11) is 0. The predicted octanol–water partition coefficient (Wildman–Crippen LogP) is 2.44. The summed E-state index contributed by atoms with van der Waals surface area (Å²) in [4.78, 5) is 9.33. The summed E-state index contributed by atoms with van der Waals surface area (Å²) in [6, 6.07) is 9.01. The highest BCUT2D eigenvalue weighted by molar-refractivity contribution is 5.51. The first-order valence-corrected chi connectivity index (χ1v) is 13.1. The molecule has 4 rings (SSSR count). The fourth-order valence-corrected chi connectivity index (χ4v) is 6.10. The van der Waals surface area contributed by atoms with Gasteiger partial charge in [-0.3, -0.25) is 16.4 Å². The third-order valence-electron chi connectivity index (χ3n) is 7.88. The first kappa shape index (κ1) is 24.7. The van der Waals surface area contributed by atoms with Gasteiger partial charge in [0, 0.05) is 24.3 Å². The molecule has 0 radical (unpaired) electrons. The summed E-state index contributed by atoms with van der Waals surface area (Å²) >= 11 is 0. The van der Waals surface area contributed by atoms with Crippen molar-refractivity contribution in [1.82, 2.24) is 14.7 Å². The fraction of sp³-hybridized carbons (Fsp3) is 0.760. The minimum Gasteiger partial charge on any atom is -0.494 e. The molecule has 0 bridgehead atoms. The maximum absolute atomic E-state index is 6.98. The van der Waals surface area contributed by atoms with E-state index in [2.05, 4.69) is 38.7 Å². The van der Waals surface area contributed by atoms with E-state index in [1.807, 2.05) is 19.1 Å². The molecule has 3 fully saturated rings. The Morgan fingerprint density at radius 3 is 2.18 bits per heavy atom. The molecule has 8 heteroatoms. The van der Waals surface area contributed by atoms with E-state index in [-0.39, 0.29) is 18.9 Å². The molecule has 2 saturated heterocycles. The Labute approximate surface area is 200 Å². The second-order valence-corrected chi connectivity index (χ2v) is 9.79. The molecule has 1 aromatic carbocycles. The summed E-state index contributed by atoms with van der Waals surface area (Å²) in [5.74, 6) is 0.860. The lowest BCUT2D eigenvalue weighted by atomic mass is 10.1. The fourth-order valence-electron chi connectivity index (χ4n) is 6.10. The second kappa shape index (κ2) is 11.3. The van der Waals surface area contributed by atoms with E-state index in [4.69, 9.17) is 21.9 Å². The number of nitrogens with zero attached hydrogens (tertiary/aromatic N) is 4. The average molecular weight is 460 g/mol. The number of hydrogen-bond acceptors (Lipinski definition) is 8. The van der Waals surface area contributed by atoms with Crippen molar-refractivity contribution >= 4 is 5.69 Å². The van der Waals surface area contributed by atoms with E-state index < -0.39 is 0 Å². The highest BCUT2D eigenvalue weighted by Crippen LogP contribution is 2.33. The van der Waals surface area contributed by atoms with Crippen molar-refractivity contribution < 1.29 is 4.74 Å². The molecule has 0 spiro atoms. The Morgan fingerprint density at radius 1 is 0.848 bits per heavy atom. The standard InChI is InChI=1S/C25H45N7O/c1-3-29-17-9-12-21(29)18-30-23(26)31(19-10-7-5-6-8-11-19)25(28)32(24(30)27)20-13-15-22(16-14-20)33-4-2/h13-16,19,21,23-25H,3-12,17-18,26-28H2,1-2H3. The van der Waals surface area contributed by atoms with E-state index in [1.165, 1.54) is 38.5 Å². The molecular weight excluding hydrogens is 414 g/mol. The van der Waals surface area contributed by atoms with Crippen LogP contribution in [0.4, 0.5) is 5.69 Å². The Balaban J connectivity index is 1.63. The minimum atomic E-state index is -0.380. The SMILES string of the molecule is CCOc1ccc(N2C(N)N(CC3CCCN3CC)C(N)N(C3CCCCCC3)C2N)cc1. The molecule has 2 aliphatic heterocycles. The van der Waals surface area contributed by atoms with E-state index in [9.17, 15) is 0 Å². The van der Waals surface area contributed by atoms with Crippen LogP contribution in [-0.2, 0) is 0 Å². The average Bonchev–Trinajstić information content (AvgIpc) is 3.10. The number of rotatable bonds is 7. The largest absolute Gasteiger partial charge is 0.494 e. The molecule has 2 heterocycles. The summed E-state index contributed by atoms with van der Waals surface area (Å²) in [6.45, 7) is 7.98. The Bertz CT molecular complexity index is 724. The van der Waals surface area contributed by atoms with E-state index in [0.29, 0.717) is 18.7 Å². The number of benzene rings is 1. The summed E-state index contributed by atoms with van der Waals surface area (Å²) < 4.78 is 5.66. The maximum atomic E-state index is 6.98. The van der Waals surface area contributed by atoms with Gasteiger partial charge in [-0.05, 0) is 70.0 Å². The van der Waals surface area contributed by atoms with Crippen LogP contribution in [0.5, 0.6) is 5.75 Å². The van der Waals surface area contributed by atoms with Gasteiger partial charge in [0.1, 0.15) is 24.6 Å². The second-order valence-electron chi connectivity index (χ2n) is 9.79. The minimum absolute atomic E-state index is 0.281. The molecule has 1 aromatic rings. The van der Waals surface area contributed by atoms with Gasteiger partial charge in [-0.1, -0.05) is 32.6 Å². The third kappa shape index (κ3) is 5.31. The molecule has 186 valence electrons. The van der Waals surface area contributed by atoms with Gasteiger partial charge in [0.05, 0.1) is 6.61 Å². The van der Waals surface area contributed by atoms with Crippen molar-refractivity contribution in [3.8, 4) is 5.75 Å². The molecule has 0 aromatic heterocycles. The van der Waals surface area contributed by atoms with Crippen molar-refractivity contribution in [3.63, 3.8) is 0 Å². The molecule has 1 aliphatic carbocycles. The van der Waals surface area contributed by atoms with Crippen molar-refractivity contribution in [1.29, 1.82) is 0 Å². The molecule has 4 atom stereocenters. The smallest absolute Gasteiger partial charge is 0.139 e. The zero-order valence-electron chi connectivity index (χ0n) is 20.6. The van der Waals surface area contributed by atoms with Gasteiger partial charge in [-0.2, -0.15) is 0 Å². The first-order valence-electron chi connectivity index (χ1n) is 13.1. The molecular formula is C25H45N7O. The Hall–Kier alpha value is -1.42. The molecule has 1 saturated carbocycles. The lowest BCUT2D eigenvalue weighted by Gasteiger charge is -2.57. The summed E-state index contributed by atoms with van der Waals surface area (Å²) in [5.41, 5.74) is 21.9. The van der Waals surface area contributed by atoms with Crippen LogP contribution in [0.2, 0.25) is 0 Å². The molecule has 6 N–H and O–H groups in total. The van der Waals surface area contributed by atoms with Crippen molar-refractivity contribution in [2.24, 2.45) is 17.2 Å². The normalized spacial score (nSPS) is 31.1. The summed E-state index contributed by atoms with van der Waals surface area (Å²) in [5, 5.41) is 0.